The molecular formula is C10H18N4O3. The van der Waals surface area contributed by atoms with E-state index < -0.39 is 12.0 Å². The Labute approximate surface area is 99.6 Å². The van der Waals surface area contributed by atoms with Crippen molar-refractivity contribution in [2.45, 2.75) is 32.4 Å². The van der Waals surface area contributed by atoms with Gasteiger partial charge in [0.05, 0.1) is 24.4 Å². The van der Waals surface area contributed by atoms with Gasteiger partial charge < -0.3 is 15.6 Å². The largest absolute Gasteiger partial charge is 0.391 e. The molecule has 0 spiro atoms. The van der Waals surface area contributed by atoms with E-state index in [9.17, 15) is 9.90 Å². The Balaban J connectivity index is 3.08. The van der Waals surface area contributed by atoms with Crippen LogP contribution in [-0.4, -0.2) is 45.8 Å². The Morgan fingerprint density at radius 1 is 1.59 bits per heavy atom. The number of ether oxygens (including phenoxy) is 1. The fourth-order valence-electron chi connectivity index (χ4n) is 1.47. The molecule has 7 nitrogen and oxygen atoms in total. The van der Waals surface area contributed by atoms with E-state index >= 15 is 0 Å². The maximum Gasteiger partial charge on any atom is 0.271 e. The lowest BCUT2D eigenvalue weighted by Gasteiger charge is -2.17. The van der Waals surface area contributed by atoms with Gasteiger partial charge in [-0.2, -0.15) is 0 Å². The second-order valence-corrected chi connectivity index (χ2v) is 3.92. The predicted molar refractivity (Wildman–Crippen MR) is 60.5 cm³/mol. The number of primary amides is 1. The molecule has 1 aromatic heterocycles. The summed E-state index contributed by atoms with van der Waals surface area (Å²) < 4.78 is 6.48. The highest BCUT2D eigenvalue weighted by Gasteiger charge is 2.22. The number of rotatable bonds is 6. The number of carbonyl (C=O) groups excluding carboxylic acids is 1. The molecule has 0 aromatic carbocycles. The number of aliphatic hydroxyl groups excluding tert-OH is 1. The van der Waals surface area contributed by atoms with Gasteiger partial charge in [0, 0.05) is 13.5 Å². The smallest absolute Gasteiger partial charge is 0.271 e. The van der Waals surface area contributed by atoms with Gasteiger partial charge in [-0.25, -0.2) is 4.68 Å². The van der Waals surface area contributed by atoms with Gasteiger partial charge in [-0.05, 0) is 13.8 Å². The first-order chi connectivity index (χ1) is 7.99. The van der Waals surface area contributed by atoms with E-state index in [0.29, 0.717) is 18.7 Å². The molecule has 1 rings (SSSR count). The van der Waals surface area contributed by atoms with Gasteiger partial charge in [0.1, 0.15) is 0 Å². The predicted octanol–water partition coefficient (Wildman–Crippen LogP) is -0.492. The first kappa shape index (κ1) is 13.6. The molecule has 1 heterocycles. The van der Waals surface area contributed by atoms with Crippen LogP contribution >= 0.6 is 0 Å². The maximum absolute atomic E-state index is 11.2. The van der Waals surface area contributed by atoms with E-state index in [1.807, 2.05) is 0 Å². The summed E-state index contributed by atoms with van der Waals surface area (Å²) in [4.78, 5) is 11.2. The van der Waals surface area contributed by atoms with Gasteiger partial charge in [0.2, 0.25) is 0 Å². The molecule has 0 aliphatic heterocycles. The number of aliphatic hydroxyl groups is 1. The highest BCUT2D eigenvalue weighted by molar-refractivity contribution is 5.91. The minimum Gasteiger partial charge on any atom is -0.391 e. The summed E-state index contributed by atoms with van der Waals surface area (Å²) in [6.45, 7) is 3.87. The SMILES string of the molecule is COCCc1c(C(N)=O)nnn1C(C)C(C)O. The molecule has 0 saturated carbocycles. The van der Waals surface area contributed by atoms with E-state index in [0.717, 1.165) is 0 Å². The topological polar surface area (TPSA) is 103 Å². The summed E-state index contributed by atoms with van der Waals surface area (Å²) in [7, 11) is 1.57. The third kappa shape index (κ3) is 3.01. The number of nitrogens with two attached hydrogens (primary N) is 1. The van der Waals surface area contributed by atoms with Crippen molar-refractivity contribution >= 4 is 5.91 Å². The molecule has 0 saturated heterocycles. The van der Waals surface area contributed by atoms with Crippen LogP contribution in [0.4, 0.5) is 0 Å². The molecule has 0 radical (unpaired) electrons. The molecule has 7 heteroatoms. The molecule has 0 fully saturated rings. The zero-order valence-corrected chi connectivity index (χ0v) is 10.3. The van der Waals surface area contributed by atoms with Crippen LogP contribution in [0.2, 0.25) is 0 Å². The van der Waals surface area contributed by atoms with E-state index in [4.69, 9.17) is 10.5 Å². The Hall–Kier alpha value is -1.47. The Bertz CT molecular complexity index is 389. The van der Waals surface area contributed by atoms with Crippen molar-refractivity contribution in [1.82, 2.24) is 15.0 Å². The van der Waals surface area contributed by atoms with Crippen LogP contribution in [-0.2, 0) is 11.2 Å². The van der Waals surface area contributed by atoms with E-state index in [-0.39, 0.29) is 11.7 Å². The summed E-state index contributed by atoms with van der Waals surface area (Å²) in [6, 6.07) is -0.276. The fraction of sp³-hybridized carbons (Fsp3) is 0.700. The van der Waals surface area contributed by atoms with Crippen molar-refractivity contribution in [3.63, 3.8) is 0 Å². The second kappa shape index (κ2) is 5.74. The average Bonchev–Trinajstić information content (AvgIpc) is 2.68. The molecule has 1 aromatic rings. The third-order valence-corrected chi connectivity index (χ3v) is 2.65. The van der Waals surface area contributed by atoms with Crippen LogP contribution in [0.15, 0.2) is 0 Å². The molecule has 3 N–H and O–H groups in total. The summed E-state index contributed by atoms with van der Waals surface area (Å²) in [5.41, 5.74) is 5.94. The normalized spacial score (nSPS) is 14.6. The number of nitrogens with zero attached hydrogens (tertiary/aromatic N) is 3. The first-order valence-corrected chi connectivity index (χ1v) is 5.39. The zero-order chi connectivity index (χ0) is 13.0. The van der Waals surface area contributed by atoms with Crippen LogP contribution < -0.4 is 5.73 Å². The van der Waals surface area contributed by atoms with E-state index in [1.165, 1.54) is 4.68 Å². The van der Waals surface area contributed by atoms with Crippen molar-refractivity contribution in [3.8, 4) is 0 Å². The number of methoxy groups -OCH3 is 1. The number of aromatic nitrogens is 3. The van der Waals surface area contributed by atoms with Gasteiger partial charge in [-0.3, -0.25) is 4.79 Å². The summed E-state index contributed by atoms with van der Waals surface area (Å²) in [6.07, 6.45) is -0.127. The van der Waals surface area contributed by atoms with E-state index in [2.05, 4.69) is 10.3 Å². The van der Waals surface area contributed by atoms with E-state index in [1.54, 1.807) is 21.0 Å². The monoisotopic (exact) mass is 242 g/mol. The number of carbonyl (C=O) groups is 1. The lowest BCUT2D eigenvalue weighted by atomic mass is 10.2. The van der Waals surface area contributed by atoms with Gasteiger partial charge in [0.25, 0.3) is 5.91 Å². The molecule has 0 bridgehead atoms. The van der Waals surface area contributed by atoms with Crippen LogP contribution in [0, 0.1) is 0 Å². The average molecular weight is 242 g/mol. The summed E-state index contributed by atoms with van der Waals surface area (Å²) >= 11 is 0. The minimum atomic E-state index is -0.625. The van der Waals surface area contributed by atoms with Crippen LogP contribution in [0.5, 0.6) is 0 Å². The van der Waals surface area contributed by atoms with Gasteiger partial charge in [-0.1, -0.05) is 5.21 Å². The third-order valence-electron chi connectivity index (χ3n) is 2.65. The zero-order valence-electron chi connectivity index (χ0n) is 10.3. The molecule has 0 aliphatic rings. The van der Waals surface area contributed by atoms with Crippen LogP contribution in [0.1, 0.15) is 36.1 Å². The molecule has 17 heavy (non-hydrogen) atoms. The van der Waals surface area contributed by atoms with Crippen LogP contribution in [0.3, 0.4) is 0 Å². The fourth-order valence-corrected chi connectivity index (χ4v) is 1.47. The van der Waals surface area contributed by atoms with Crippen molar-refractivity contribution in [1.29, 1.82) is 0 Å². The Kier molecular flexibility index (Phi) is 4.59. The molecular weight excluding hydrogens is 224 g/mol. The van der Waals surface area contributed by atoms with Crippen molar-refractivity contribution in [2.75, 3.05) is 13.7 Å². The maximum atomic E-state index is 11.2. The summed E-state index contributed by atoms with van der Waals surface area (Å²) in [5, 5.41) is 17.1. The lowest BCUT2D eigenvalue weighted by molar-refractivity contribution is 0.0992. The highest BCUT2D eigenvalue weighted by Crippen LogP contribution is 2.15. The summed E-state index contributed by atoms with van der Waals surface area (Å²) in [5.74, 6) is -0.625. The highest BCUT2D eigenvalue weighted by atomic mass is 16.5. The van der Waals surface area contributed by atoms with Gasteiger partial charge in [-0.15, -0.1) is 5.10 Å². The number of hydrogen-bond acceptors (Lipinski definition) is 5. The number of amides is 1. The number of hydrogen-bond donors (Lipinski definition) is 2. The van der Waals surface area contributed by atoms with Crippen LogP contribution in [0.25, 0.3) is 0 Å². The van der Waals surface area contributed by atoms with Crippen molar-refractivity contribution in [2.24, 2.45) is 5.73 Å². The Morgan fingerprint density at radius 2 is 2.24 bits per heavy atom. The van der Waals surface area contributed by atoms with Crippen molar-refractivity contribution in [3.05, 3.63) is 11.4 Å². The molecule has 2 atom stereocenters. The Morgan fingerprint density at radius 3 is 2.71 bits per heavy atom. The van der Waals surface area contributed by atoms with Crippen molar-refractivity contribution < 1.29 is 14.6 Å². The van der Waals surface area contributed by atoms with Gasteiger partial charge >= 0.3 is 0 Å². The lowest BCUT2D eigenvalue weighted by Crippen LogP contribution is -2.23. The standard InChI is InChI=1S/C10H18N4O3/c1-6(7(2)15)14-8(4-5-17-3)9(10(11)16)12-13-14/h6-7,15H,4-5H2,1-3H3,(H2,11,16). The molecule has 1 amide bonds. The molecule has 0 aliphatic carbocycles. The second-order valence-electron chi connectivity index (χ2n) is 3.92. The quantitative estimate of drug-likeness (QED) is 0.700. The molecule has 96 valence electrons. The molecule has 2 unspecified atom stereocenters. The first-order valence-electron chi connectivity index (χ1n) is 5.39. The van der Waals surface area contributed by atoms with Gasteiger partial charge in [0.15, 0.2) is 5.69 Å². The minimum absolute atomic E-state index is 0.134.